The van der Waals surface area contributed by atoms with Crippen LogP contribution in [-0.2, 0) is 25.8 Å². The summed E-state index contributed by atoms with van der Waals surface area (Å²) in [7, 11) is 0. The molecule has 1 N–H and O–H groups in total. The summed E-state index contributed by atoms with van der Waals surface area (Å²) in [5.74, 6) is -1.43. The fourth-order valence-corrected chi connectivity index (χ4v) is 4.59. The molecular formula is C27H22F5N3O2. The minimum atomic E-state index is -4.47. The molecule has 0 bridgehead atoms. The monoisotopic (exact) mass is 515 g/mol. The van der Waals surface area contributed by atoms with Gasteiger partial charge in [0.1, 0.15) is 17.4 Å². The number of hydrogen-bond acceptors (Lipinski definition) is 3. The summed E-state index contributed by atoms with van der Waals surface area (Å²) >= 11 is 0. The van der Waals surface area contributed by atoms with E-state index in [1.807, 2.05) is 27.8 Å². The lowest BCUT2D eigenvalue weighted by atomic mass is 9.99. The maximum atomic E-state index is 14.8. The van der Waals surface area contributed by atoms with Crippen molar-refractivity contribution >= 4 is 5.91 Å². The van der Waals surface area contributed by atoms with Gasteiger partial charge in [0.2, 0.25) is 0 Å². The number of rotatable bonds is 6. The predicted octanol–water partition coefficient (Wildman–Crippen LogP) is 5.91. The quantitative estimate of drug-likeness (QED) is 0.325. The van der Waals surface area contributed by atoms with Gasteiger partial charge in [-0.05, 0) is 48.0 Å². The normalized spacial score (nSPS) is 16.0. The summed E-state index contributed by atoms with van der Waals surface area (Å²) in [6.45, 7) is 1.37. The Morgan fingerprint density at radius 2 is 1.84 bits per heavy atom. The summed E-state index contributed by atoms with van der Waals surface area (Å²) in [6.07, 6.45) is -2.57. The number of carbonyl (C=O) groups is 1. The number of furan rings is 1. The van der Waals surface area contributed by atoms with Crippen LogP contribution in [0.15, 0.2) is 77.3 Å². The summed E-state index contributed by atoms with van der Waals surface area (Å²) in [5, 5.41) is 2.57. The number of aromatic nitrogens is 1. The lowest BCUT2D eigenvalue weighted by Crippen LogP contribution is -2.38. The molecule has 0 saturated heterocycles. The van der Waals surface area contributed by atoms with Gasteiger partial charge in [0.25, 0.3) is 5.91 Å². The van der Waals surface area contributed by atoms with E-state index in [1.165, 1.54) is 30.3 Å². The molecule has 1 amide bonds. The molecule has 1 aliphatic rings. The van der Waals surface area contributed by atoms with E-state index in [0.717, 1.165) is 23.9 Å². The Kier molecular flexibility index (Phi) is 6.59. The van der Waals surface area contributed by atoms with Crippen molar-refractivity contribution in [1.82, 2.24) is 14.8 Å². The van der Waals surface area contributed by atoms with Crippen molar-refractivity contribution in [3.05, 3.63) is 118 Å². The topological polar surface area (TPSA) is 50.4 Å². The van der Waals surface area contributed by atoms with Gasteiger partial charge in [-0.2, -0.15) is 13.2 Å². The number of halogens is 5. The fourth-order valence-electron chi connectivity index (χ4n) is 4.59. The van der Waals surface area contributed by atoms with Crippen LogP contribution in [0, 0.1) is 11.6 Å². The lowest BCUT2D eigenvalue weighted by Gasteiger charge is -2.37. The number of carbonyl (C=O) groups excluding carboxylic acids is 1. The van der Waals surface area contributed by atoms with Crippen molar-refractivity contribution in [2.24, 2.45) is 0 Å². The molecule has 0 aliphatic carbocycles. The number of nitrogens with one attached hydrogen (secondary N) is 1. The number of nitrogens with zero attached hydrogens (tertiary/aromatic N) is 2. The molecule has 37 heavy (non-hydrogen) atoms. The number of amides is 1. The maximum absolute atomic E-state index is 14.8. The predicted molar refractivity (Wildman–Crippen MR) is 124 cm³/mol. The number of alkyl halides is 3. The van der Waals surface area contributed by atoms with Crippen molar-refractivity contribution in [2.75, 3.05) is 6.54 Å². The van der Waals surface area contributed by atoms with Crippen LogP contribution in [0.2, 0.25) is 0 Å². The maximum Gasteiger partial charge on any atom is 0.416 e. The fraction of sp³-hybridized carbons (Fsp3) is 0.222. The Labute approximate surface area is 209 Å². The highest BCUT2D eigenvalue weighted by Gasteiger charge is 2.32. The standard InChI is InChI=1S/C27H22F5N3O2/c28-19-6-8-21(22(29)14-19)25-23-5-2-10-34(23)11-12-35(25)16-20-7-9-24(37-20)26(36)33-15-17-3-1-4-18(13-17)27(30,31)32/h1-10,13-14,25H,11-12,15-16H2,(H,33,36). The molecular weight excluding hydrogens is 493 g/mol. The van der Waals surface area contributed by atoms with Gasteiger partial charge in [-0.1, -0.05) is 18.2 Å². The second-order valence-corrected chi connectivity index (χ2v) is 8.81. The van der Waals surface area contributed by atoms with Crippen molar-refractivity contribution in [2.45, 2.75) is 31.9 Å². The van der Waals surface area contributed by atoms with E-state index in [2.05, 4.69) is 5.32 Å². The van der Waals surface area contributed by atoms with Gasteiger partial charge in [0.05, 0.1) is 18.2 Å². The van der Waals surface area contributed by atoms with Crippen molar-refractivity contribution in [1.29, 1.82) is 0 Å². The van der Waals surface area contributed by atoms with Crippen LogP contribution in [0.25, 0.3) is 0 Å². The van der Waals surface area contributed by atoms with E-state index in [4.69, 9.17) is 4.42 Å². The zero-order chi connectivity index (χ0) is 26.2. The highest BCUT2D eigenvalue weighted by Crippen LogP contribution is 2.35. The third-order valence-corrected chi connectivity index (χ3v) is 6.35. The van der Waals surface area contributed by atoms with E-state index >= 15 is 0 Å². The molecule has 10 heteroatoms. The van der Waals surface area contributed by atoms with Crippen LogP contribution in [0.1, 0.15) is 44.7 Å². The minimum Gasteiger partial charge on any atom is -0.455 e. The molecule has 192 valence electrons. The number of hydrogen-bond donors (Lipinski definition) is 1. The van der Waals surface area contributed by atoms with Crippen LogP contribution < -0.4 is 5.32 Å². The second kappa shape index (κ2) is 9.85. The molecule has 3 heterocycles. The molecule has 0 fully saturated rings. The van der Waals surface area contributed by atoms with E-state index in [-0.39, 0.29) is 18.8 Å². The first-order chi connectivity index (χ1) is 17.7. The Hall–Kier alpha value is -3.92. The molecule has 0 saturated carbocycles. The minimum absolute atomic E-state index is 0.00636. The van der Waals surface area contributed by atoms with Crippen molar-refractivity contribution < 1.29 is 31.2 Å². The third kappa shape index (κ3) is 5.29. The van der Waals surface area contributed by atoms with Gasteiger partial charge in [-0.3, -0.25) is 9.69 Å². The molecule has 5 rings (SSSR count). The first-order valence-corrected chi connectivity index (χ1v) is 11.6. The Morgan fingerprint density at radius 3 is 2.62 bits per heavy atom. The highest BCUT2D eigenvalue weighted by molar-refractivity contribution is 5.91. The number of benzene rings is 2. The average Bonchev–Trinajstić information content (AvgIpc) is 3.52. The van der Waals surface area contributed by atoms with Crippen LogP contribution in [0.4, 0.5) is 22.0 Å². The van der Waals surface area contributed by atoms with Crippen molar-refractivity contribution in [3.8, 4) is 0 Å². The van der Waals surface area contributed by atoms with E-state index in [9.17, 15) is 26.7 Å². The Balaban J connectivity index is 1.30. The van der Waals surface area contributed by atoms with E-state index in [0.29, 0.717) is 30.0 Å². The average molecular weight is 515 g/mol. The van der Waals surface area contributed by atoms with E-state index in [1.54, 1.807) is 6.07 Å². The Bertz CT molecular complexity index is 1430. The summed E-state index contributed by atoms with van der Waals surface area (Å²) < 4.78 is 74.8. The zero-order valence-electron chi connectivity index (χ0n) is 19.4. The Morgan fingerprint density at radius 1 is 1.00 bits per heavy atom. The third-order valence-electron chi connectivity index (χ3n) is 6.35. The van der Waals surface area contributed by atoms with Gasteiger partial charge in [-0.25, -0.2) is 8.78 Å². The van der Waals surface area contributed by atoms with Crippen LogP contribution in [0.5, 0.6) is 0 Å². The molecule has 5 nitrogen and oxygen atoms in total. The smallest absolute Gasteiger partial charge is 0.416 e. The summed E-state index contributed by atoms with van der Waals surface area (Å²) in [6, 6.07) is 14.6. The second-order valence-electron chi connectivity index (χ2n) is 8.81. The highest BCUT2D eigenvalue weighted by atomic mass is 19.4. The lowest BCUT2D eigenvalue weighted by molar-refractivity contribution is -0.137. The first kappa shape index (κ1) is 24.8. The molecule has 1 atom stereocenters. The molecule has 2 aromatic carbocycles. The van der Waals surface area contributed by atoms with Gasteiger partial charge < -0.3 is 14.3 Å². The van der Waals surface area contributed by atoms with Crippen LogP contribution in [-0.4, -0.2) is 21.9 Å². The summed E-state index contributed by atoms with van der Waals surface area (Å²) in [4.78, 5) is 14.5. The first-order valence-electron chi connectivity index (χ1n) is 11.6. The molecule has 4 aromatic rings. The van der Waals surface area contributed by atoms with Crippen LogP contribution in [0.3, 0.4) is 0 Å². The van der Waals surface area contributed by atoms with Crippen molar-refractivity contribution in [3.63, 3.8) is 0 Å². The molecule has 1 unspecified atom stereocenters. The molecule has 0 radical (unpaired) electrons. The molecule has 2 aromatic heterocycles. The van der Waals surface area contributed by atoms with Crippen LogP contribution >= 0.6 is 0 Å². The number of fused-ring (bicyclic) bond motifs is 1. The molecule has 0 spiro atoms. The van der Waals surface area contributed by atoms with Gasteiger partial charge in [-0.15, -0.1) is 0 Å². The SMILES string of the molecule is O=C(NCc1cccc(C(F)(F)F)c1)c1ccc(CN2CCn3cccc3C2c2ccc(F)cc2F)o1. The van der Waals surface area contributed by atoms with Gasteiger partial charge in [0.15, 0.2) is 5.76 Å². The largest absolute Gasteiger partial charge is 0.455 e. The zero-order valence-corrected chi connectivity index (χ0v) is 19.4. The molecule has 1 aliphatic heterocycles. The van der Waals surface area contributed by atoms with Gasteiger partial charge in [0, 0.05) is 43.2 Å². The van der Waals surface area contributed by atoms with E-state index < -0.39 is 35.3 Å². The van der Waals surface area contributed by atoms with Gasteiger partial charge >= 0.3 is 6.18 Å². The summed E-state index contributed by atoms with van der Waals surface area (Å²) in [5.41, 5.74) is 0.684.